The molecule has 0 spiro atoms. The van der Waals surface area contributed by atoms with Gasteiger partial charge in [0.05, 0.1) is 14.2 Å². The third-order valence-corrected chi connectivity index (χ3v) is 2.69. The Kier molecular flexibility index (Phi) is 4.44. The summed E-state index contributed by atoms with van der Waals surface area (Å²) in [6.07, 6.45) is 3.84. The Morgan fingerprint density at radius 2 is 1.26 bits per heavy atom. The molecule has 0 saturated carbocycles. The first-order valence-electron chi connectivity index (χ1n) is 6.02. The second-order valence-corrected chi connectivity index (χ2v) is 4.01. The maximum Gasteiger partial charge on any atom is 0.119 e. The number of benzene rings is 2. The second-order valence-electron chi connectivity index (χ2n) is 4.01. The van der Waals surface area contributed by atoms with Crippen LogP contribution < -0.4 is 9.47 Å². The predicted molar refractivity (Wildman–Crippen MR) is 78.4 cm³/mol. The zero-order valence-electron chi connectivity index (χ0n) is 11.1. The smallest absolute Gasteiger partial charge is 0.119 e. The lowest BCUT2D eigenvalue weighted by molar-refractivity contribution is 0.414. The van der Waals surface area contributed by atoms with Crippen LogP contribution in [0, 0.1) is 0 Å². The van der Waals surface area contributed by atoms with E-state index in [2.05, 4.69) is 5.73 Å². The van der Waals surface area contributed by atoms with Crippen molar-refractivity contribution < 1.29 is 9.47 Å². The molecule has 0 aliphatic heterocycles. The van der Waals surface area contributed by atoms with Gasteiger partial charge in [0.15, 0.2) is 0 Å². The van der Waals surface area contributed by atoms with Crippen molar-refractivity contribution in [3.05, 3.63) is 65.4 Å². The van der Waals surface area contributed by atoms with Crippen LogP contribution in [0.25, 0.3) is 12.2 Å². The van der Waals surface area contributed by atoms with E-state index < -0.39 is 0 Å². The van der Waals surface area contributed by atoms with Gasteiger partial charge in [-0.1, -0.05) is 24.3 Å². The molecule has 0 heterocycles. The third kappa shape index (κ3) is 3.77. The van der Waals surface area contributed by atoms with Crippen molar-refractivity contribution in [2.45, 2.75) is 0 Å². The van der Waals surface area contributed by atoms with Crippen LogP contribution >= 0.6 is 0 Å². The maximum atomic E-state index is 5.18. The fraction of sp³-hybridized carbons (Fsp3) is 0.118. The predicted octanol–water partition coefficient (Wildman–Crippen LogP) is 4.03. The van der Waals surface area contributed by atoms with Crippen molar-refractivity contribution in [3.63, 3.8) is 0 Å². The van der Waals surface area contributed by atoms with Gasteiger partial charge in [-0.15, -0.1) is 5.73 Å². The molecule has 2 rings (SSSR count). The molecule has 0 N–H and O–H groups in total. The number of rotatable bonds is 4. The molecule has 0 aromatic heterocycles. The van der Waals surface area contributed by atoms with Crippen molar-refractivity contribution in [2.24, 2.45) is 0 Å². The quantitative estimate of drug-likeness (QED) is 0.765. The van der Waals surface area contributed by atoms with E-state index in [-0.39, 0.29) is 0 Å². The van der Waals surface area contributed by atoms with Crippen LogP contribution in [-0.2, 0) is 0 Å². The molecule has 2 nitrogen and oxygen atoms in total. The summed E-state index contributed by atoms with van der Waals surface area (Å²) in [6.45, 7) is 0. The summed E-state index contributed by atoms with van der Waals surface area (Å²) in [5.41, 5.74) is 5.27. The van der Waals surface area contributed by atoms with Crippen LogP contribution in [0.3, 0.4) is 0 Å². The molecule has 0 saturated heterocycles. The normalized spacial score (nSPS) is 9.37. The van der Waals surface area contributed by atoms with E-state index in [0.29, 0.717) is 0 Å². The van der Waals surface area contributed by atoms with Crippen LogP contribution in [0.2, 0.25) is 0 Å². The van der Waals surface area contributed by atoms with Gasteiger partial charge in [-0.3, -0.25) is 0 Å². The van der Waals surface area contributed by atoms with E-state index in [1.165, 1.54) is 0 Å². The van der Waals surface area contributed by atoms with Gasteiger partial charge in [0, 0.05) is 0 Å². The molecule has 19 heavy (non-hydrogen) atoms. The van der Waals surface area contributed by atoms with Gasteiger partial charge in [-0.05, 0) is 47.5 Å². The number of hydrogen-bond donors (Lipinski definition) is 0. The van der Waals surface area contributed by atoms with E-state index in [4.69, 9.17) is 9.47 Å². The van der Waals surface area contributed by atoms with Crippen molar-refractivity contribution in [2.75, 3.05) is 14.2 Å². The highest BCUT2D eigenvalue weighted by Crippen LogP contribution is 2.15. The lowest BCUT2D eigenvalue weighted by atomic mass is 10.2. The van der Waals surface area contributed by atoms with Gasteiger partial charge in [0.25, 0.3) is 0 Å². The first-order valence-corrected chi connectivity index (χ1v) is 6.02. The fourth-order valence-electron chi connectivity index (χ4n) is 1.70. The van der Waals surface area contributed by atoms with Crippen LogP contribution in [0.1, 0.15) is 11.1 Å². The van der Waals surface area contributed by atoms with Gasteiger partial charge in [-0.25, -0.2) is 0 Å². The summed E-state index contributed by atoms with van der Waals surface area (Å²) in [6, 6.07) is 15.7. The minimum Gasteiger partial charge on any atom is -0.497 e. The molecule has 0 radical (unpaired) electrons. The van der Waals surface area contributed by atoms with E-state index in [1.54, 1.807) is 14.2 Å². The van der Waals surface area contributed by atoms with Gasteiger partial charge in [0.2, 0.25) is 0 Å². The molecule has 0 aliphatic carbocycles. The Morgan fingerprint density at radius 3 is 1.68 bits per heavy atom. The van der Waals surface area contributed by atoms with E-state index >= 15 is 0 Å². The Morgan fingerprint density at radius 1 is 0.789 bits per heavy atom. The summed E-state index contributed by atoms with van der Waals surface area (Å²) in [7, 11) is 3.32. The van der Waals surface area contributed by atoms with Gasteiger partial charge < -0.3 is 9.47 Å². The molecule has 0 aliphatic rings. The summed E-state index contributed by atoms with van der Waals surface area (Å²) < 4.78 is 10.4. The van der Waals surface area contributed by atoms with Gasteiger partial charge in [-0.2, -0.15) is 0 Å². The molecule has 0 bridgehead atoms. The van der Waals surface area contributed by atoms with Crippen molar-refractivity contribution in [1.29, 1.82) is 0 Å². The van der Waals surface area contributed by atoms with Crippen molar-refractivity contribution in [3.8, 4) is 11.5 Å². The number of methoxy groups -OCH3 is 2. The van der Waals surface area contributed by atoms with Gasteiger partial charge >= 0.3 is 0 Å². The molecule has 0 amide bonds. The minimum atomic E-state index is 0.844. The summed E-state index contributed by atoms with van der Waals surface area (Å²) in [5, 5.41) is 0. The zero-order valence-corrected chi connectivity index (χ0v) is 11.1. The maximum absolute atomic E-state index is 5.18. The third-order valence-electron chi connectivity index (χ3n) is 2.69. The van der Waals surface area contributed by atoms with Crippen LogP contribution in [0.15, 0.2) is 54.3 Å². The summed E-state index contributed by atoms with van der Waals surface area (Å²) in [5.74, 6) is 1.69. The molecule has 0 unspecified atom stereocenters. The lowest BCUT2D eigenvalue weighted by Gasteiger charge is -1.99. The molecule has 2 aromatic rings. The first-order chi connectivity index (χ1) is 9.31. The Labute approximate surface area is 113 Å². The SMILES string of the molecule is COc1cccc(C=C=Cc2cccc(OC)c2)c1. The fourth-order valence-corrected chi connectivity index (χ4v) is 1.70. The Bertz CT molecular complexity index is 557. The average molecular weight is 252 g/mol. The molecular formula is C17H16O2. The topological polar surface area (TPSA) is 18.5 Å². The van der Waals surface area contributed by atoms with E-state index in [0.717, 1.165) is 22.6 Å². The van der Waals surface area contributed by atoms with E-state index in [1.807, 2.05) is 60.7 Å². The molecule has 0 fully saturated rings. The van der Waals surface area contributed by atoms with Crippen LogP contribution in [0.4, 0.5) is 0 Å². The highest BCUT2D eigenvalue weighted by molar-refractivity contribution is 5.59. The number of ether oxygens (including phenoxy) is 2. The molecular weight excluding hydrogens is 236 g/mol. The molecule has 0 atom stereocenters. The standard InChI is InChI=1S/C17H16O2/c1-18-16-10-4-8-14(12-16)6-3-7-15-9-5-11-17(13-15)19-2/h4-13H,1-2H3. The molecule has 2 heteroatoms. The summed E-state index contributed by atoms with van der Waals surface area (Å²) >= 11 is 0. The average Bonchev–Trinajstić information content (AvgIpc) is 2.48. The Balaban J connectivity index is 2.18. The van der Waals surface area contributed by atoms with Gasteiger partial charge in [0.1, 0.15) is 11.5 Å². The molecule has 2 aromatic carbocycles. The largest absolute Gasteiger partial charge is 0.497 e. The highest BCUT2D eigenvalue weighted by Gasteiger charge is 1.92. The van der Waals surface area contributed by atoms with Crippen molar-refractivity contribution in [1.82, 2.24) is 0 Å². The first kappa shape index (κ1) is 13.0. The summed E-state index contributed by atoms with van der Waals surface area (Å²) in [4.78, 5) is 0. The van der Waals surface area contributed by atoms with Crippen LogP contribution in [-0.4, -0.2) is 14.2 Å². The molecule has 96 valence electrons. The van der Waals surface area contributed by atoms with Crippen LogP contribution in [0.5, 0.6) is 11.5 Å². The van der Waals surface area contributed by atoms with E-state index in [9.17, 15) is 0 Å². The van der Waals surface area contributed by atoms with Crippen molar-refractivity contribution >= 4 is 12.2 Å². The number of hydrogen-bond acceptors (Lipinski definition) is 2. The second kappa shape index (κ2) is 6.48. The highest BCUT2D eigenvalue weighted by atomic mass is 16.5. The Hall–Kier alpha value is -2.44. The lowest BCUT2D eigenvalue weighted by Crippen LogP contribution is -1.82. The minimum absolute atomic E-state index is 0.844. The monoisotopic (exact) mass is 252 g/mol. The zero-order chi connectivity index (χ0) is 13.5.